The Kier molecular flexibility index (Phi) is 5.55. The SMILES string of the molecule is CCCNc1nncc(NCCc2ccc(Cl)cc2)n1. The van der Waals surface area contributed by atoms with Gasteiger partial charge in [0, 0.05) is 18.1 Å². The van der Waals surface area contributed by atoms with Crippen LogP contribution in [0.15, 0.2) is 30.5 Å². The smallest absolute Gasteiger partial charge is 0.244 e. The number of rotatable bonds is 7. The number of nitrogens with zero attached hydrogens (tertiary/aromatic N) is 3. The van der Waals surface area contributed by atoms with E-state index in [1.807, 2.05) is 24.3 Å². The highest BCUT2D eigenvalue weighted by Crippen LogP contribution is 2.10. The molecule has 2 rings (SSSR count). The lowest BCUT2D eigenvalue weighted by Crippen LogP contribution is -2.10. The van der Waals surface area contributed by atoms with Gasteiger partial charge in [0.2, 0.25) is 5.95 Å². The number of benzene rings is 1. The van der Waals surface area contributed by atoms with Crippen LogP contribution in [-0.4, -0.2) is 28.3 Å². The predicted molar refractivity (Wildman–Crippen MR) is 82.3 cm³/mol. The number of aromatic nitrogens is 3. The molecule has 0 aliphatic heterocycles. The maximum absolute atomic E-state index is 5.85. The molecule has 2 aromatic rings. The Labute approximate surface area is 123 Å². The average molecular weight is 292 g/mol. The third kappa shape index (κ3) is 4.66. The van der Waals surface area contributed by atoms with Crippen molar-refractivity contribution < 1.29 is 0 Å². The van der Waals surface area contributed by atoms with Crippen molar-refractivity contribution in [1.29, 1.82) is 0 Å². The molecular formula is C14H18ClN5. The van der Waals surface area contributed by atoms with Gasteiger partial charge in [-0.15, -0.1) is 5.10 Å². The molecule has 0 aliphatic rings. The lowest BCUT2D eigenvalue weighted by atomic mass is 10.1. The van der Waals surface area contributed by atoms with Crippen LogP contribution in [0.2, 0.25) is 5.02 Å². The molecule has 0 saturated carbocycles. The zero-order valence-electron chi connectivity index (χ0n) is 11.4. The Morgan fingerprint density at radius 2 is 1.90 bits per heavy atom. The minimum Gasteiger partial charge on any atom is -0.368 e. The quantitative estimate of drug-likeness (QED) is 0.821. The van der Waals surface area contributed by atoms with Crippen LogP contribution in [0.25, 0.3) is 0 Å². The van der Waals surface area contributed by atoms with Gasteiger partial charge in [-0.25, -0.2) is 0 Å². The van der Waals surface area contributed by atoms with Crippen molar-refractivity contribution in [1.82, 2.24) is 15.2 Å². The average Bonchev–Trinajstić information content (AvgIpc) is 2.48. The van der Waals surface area contributed by atoms with Crippen LogP contribution in [-0.2, 0) is 6.42 Å². The highest BCUT2D eigenvalue weighted by molar-refractivity contribution is 6.30. The fourth-order valence-corrected chi connectivity index (χ4v) is 1.81. The number of anilines is 2. The van der Waals surface area contributed by atoms with Gasteiger partial charge in [-0.2, -0.15) is 10.1 Å². The molecule has 0 atom stereocenters. The molecule has 0 fully saturated rings. The van der Waals surface area contributed by atoms with E-state index in [4.69, 9.17) is 11.6 Å². The van der Waals surface area contributed by atoms with E-state index in [0.29, 0.717) is 5.95 Å². The van der Waals surface area contributed by atoms with Gasteiger partial charge in [-0.1, -0.05) is 30.7 Å². The van der Waals surface area contributed by atoms with Crippen LogP contribution >= 0.6 is 11.6 Å². The molecule has 0 aliphatic carbocycles. The molecule has 0 amide bonds. The van der Waals surface area contributed by atoms with Crippen LogP contribution in [0, 0.1) is 0 Å². The second-order valence-corrected chi connectivity index (χ2v) is 4.83. The second-order valence-electron chi connectivity index (χ2n) is 4.40. The van der Waals surface area contributed by atoms with E-state index in [2.05, 4.69) is 32.7 Å². The van der Waals surface area contributed by atoms with E-state index in [1.54, 1.807) is 6.20 Å². The summed E-state index contributed by atoms with van der Waals surface area (Å²) >= 11 is 5.85. The highest BCUT2D eigenvalue weighted by atomic mass is 35.5. The maximum Gasteiger partial charge on any atom is 0.244 e. The third-order valence-corrected chi connectivity index (χ3v) is 2.98. The van der Waals surface area contributed by atoms with Crippen LogP contribution in [0.5, 0.6) is 0 Å². The fraction of sp³-hybridized carbons (Fsp3) is 0.357. The number of hydrogen-bond acceptors (Lipinski definition) is 5. The Bertz CT molecular complexity index is 529. The van der Waals surface area contributed by atoms with Crippen LogP contribution in [0.3, 0.4) is 0 Å². The minimum absolute atomic E-state index is 0.559. The van der Waals surface area contributed by atoms with E-state index in [9.17, 15) is 0 Å². The van der Waals surface area contributed by atoms with E-state index in [-0.39, 0.29) is 0 Å². The Balaban J connectivity index is 1.82. The van der Waals surface area contributed by atoms with E-state index >= 15 is 0 Å². The van der Waals surface area contributed by atoms with Crippen LogP contribution < -0.4 is 10.6 Å². The highest BCUT2D eigenvalue weighted by Gasteiger charge is 1.99. The van der Waals surface area contributed by atoms with Gasteiger partial charge in [0.15, 0.2) is 5.82 Å². The van der Waals surface area contributed by atoms with Gasteiger partial charge in [0.25, 0.3) is 0 Å². The van der Waals surface area contributed by atoms with Crippen LogP contribution in [0.4, 0.5) is 11.8 Å². The Morgan fingerprint density at radius 3 is 2.65 bits per heavy atom. The first kappa shape index (κ1) is 14.5. The predicted octanol–water partition coefficient (Wildman–Crippen LogP) is 3.00. The van der Waals surface area contributed by atoms with Gasteiger partial charge in [0.05, 0.1) is 6.20 Å². The van der Waals surface area contributed by atoms with E-state index in [1.165, 1.54) is 5.56 Å². The second kappa shape index (κ2) is 7.65. The molecule has 1 aromatic carbocycles. The van der Waals surface area contributed by atoms with Crippen molar-refractivity contribution in [3.05, 3.63) is 41.0 Å². The van der Waals surface area contributed by atoms with E-state index < -0.39 is 0 Å². The van der Waals surface area contributed by atoms with Gasteiger partial charge in [0.1, 0.15) is 0 Å². The summed E-state index contributed by atoms with van der Waals surface area (Å²) in [5.41, 5.74) is 1.23. The minimum atomic E-state index is 0.559. The zero-order chi connectivity index (χ0) is 14.2. The number of halogens is 1. The van der Waals surface area contributed by atoms with Crippen molar-refractivity contribution in [2.45, 2.75) is 19.8 Å². The van der Waals surface area contributed by atoms with Crippen molar-refractivity contribution in [3.63, 3.8) is 0 Å². The normalized spacial score (nSPS) is 10.3. The molecule has 20 heavy (non-hydrogen) atoms. The summed E-state index contributed by atoms with van der Waals surface area (Å²) in [6.07, 6.45) is 3.55. The van der Waals surface area contributed by atoms with Crippen molar-refractivity contribution in [2.24, 2.45) is 0 Å². The summed E-state index contributed by atoms with van der Waals surface area (Å²) in [6, 6.07) is 7.85. The molecule has 1 heterocycles. The van der Waals surface area contributed by atoms with Gasteiger partial charge in [-0.05, 0) is 30.5 Å². The summed E-state index contributed by atoms with van der Waals surface area (Å²) in [5.74, 6) is 1.29. The van der Waals surface area contributed by atoms with Crippen molar-refractivity contribution >= 4 is 23.4 Å². The molecule has 0 bridgehead atoms. The largest absolute Gasteiger partial charge is 0.368 e. The number of hydrogen-bond donors (Lipinski definition) is 2. The monoisotopic (exact) mass is 291 g/mol. The van der Waals surface area contributed by atoms with Gasteiger partial charge < -0.3 is 10.6 Å². The third-order valence-electron chi connectivity index (χ3n) is 2.72. The van der Waals surface area contributed by atoms with E-state index in [0.717, 1.165) is 36.8 Å². The summed E-state index contributed by atoms with van der Waals surface area (Å²) in [7, 11) is 0. The zero-order valence-corrected chi connectivity index (χ0v) is 12.2. The van der Waals surface area contributed by atoms with Crippen molar-refractivity contribution in [2.75, 3.05) is 23.7 Å². The summed E-state index contributed by atoms with van der Waals surface area (Å²) in [5, 5.41) is 15.0. The lowest BCUT2D eigenvalue weighted by Gasteiger charge is -2.07. The molecule has 2 N–H and O–H groups in total. The standard InChI is InChI=1S/C14H18ClN5/c1-2-8-17-14-19-13(10-18-20-14)16-9-7-11-3-5-12(15)6-4-11/h3-6,10H,2,7-9H2,1H3,(H2,16,17,19,20). The molecule has 0 saturated heterocycles. The Morgan fingerprint density at radius 1 is 1.10 bits per heavy atom. The Hall–Kier alpha value is -1.88. The fourth-order valence-electron chi connectivity index (χ4n) is 1.69. The topological polar surface area (TPSA) is 62.7 Å². The van der Waals surface area contributed by atoms with Gasteiger partial charge in [-0.3, -0.25) is 0 Å². The first-order chi connectivity index (χ1) is 9.78. The lowest BCUT2D eigenvalue weighted by molar-refractivity contribution is 0.904. The van der Waals surface area contributed by atoms with Crippen molar-refractivity contribution in [3.8, 4) is 0 Å². The number of nitrogens with one attached hydrogen (secondary N) is 2. The first-order valence-electron chi connectivity index (χ1n) is 6.70. The molecule has 5 nitrogen and oxygen atoms in total. The molecule has 0 unspecified atom stereocenters. The molecule has 0 radical (unpaired) electrons. The molecule has 1 aromatic heterocycles. The molecule has 6 heteroatoms. The van der Waals surface area contributed by atoms with Gasteiger partial charge >= 0.3 is 0 Å². The molecule has 0 spiro atoms. The van der Waals surface area contributed by atoms with Crippen LogP contribution in [0.1, 0.15) is 18.9 Å². The maximum atomic E-state index is 5.85. The first-order valence-corrected chi connectivity index (χ1v) is 7.07. The summed E-state index contributed by atoms with van der Waals surface area (Å²) in [6.45, 7) is 3.72. The molecule has 106 valence electrons. The summed E-state index contributed by atoms with van der Waals surface area (Å²) in [4.78, 5) is 4.34. The summed E-state index contributed by atoms with van der Waals surface area (Å²) < 4.78 is 0. The molecular weight excluding hydrogens is 274 g/mol.